The summed E-state index contributed by atoms with van der Waals surface area (Å²) in [5.74, 6) is -0.916. The highest BCUT2D eigenvalue weighted by molar-refractivity contribution is 5.93. The number of ether oxygens (including phenoxy) is 1. The zero-order valence-electron chi connectivity index (χ0n) is 16.4. The first kappa shape index (κ1) is 21.2. The predicted octanol–water partition coefficient (Wildman–Crippen LogP) is 3.50. The largest absolute Gasteiger partial charge is 0.449 e. The second kappa shape index (κ2) is 10.3. The number of esters is 1. The molecular weight excluding hydrogens is 356 g/mol. The Morgan fingerprint density at radius 3 is 2.21 bits per heavy atom. The molecule has 0 spiro atoms. The number of hydrogen-bond acceptors (Lipinski definition) is 4. The molecule has 0 aromatic heterocycles. The molecule has 0 unspecified atom stereocenters. The Hall–Kier alpha value is -3.15. The number of carbonyl (C=O) groups excluding carboxylic acids is 3. The SMILES string of the molecule is CC[C@@H](CNC(=O)[C@H](C)OC(=O)c1ccc(NC(C)=O)cc1)c1ccccc1. The van der Waals surface area contributed by atoms with Crippen LogP contribution in [0.1, 0.15) is 49.0 Å². The number of anilines is 1. The highest BCUT2D eigenvalue weighted by Crippen LogP contribution is 2.18. The van der Waals surface area contributed by atoms with Crippen molar-refractivity contribution < 1.29 is 19.1 Å². The van der Waals surface area contributed by atoms with Crippen LogP contribution in [0, 0.1) is 0 Å². The lowest BCUT2D eigenvalue weighted by Crippen LogP contribution is -2.38. The summed E-state index contributed by atoms with van der Waals surface area (Å²) in [7, 11) is 0. The van der Waals surface area contributed by atoms with Crippen molar-refractivity contribution in [1.82, 2.24) is 5.32 Å². The zero-order valence-corrected chi connectivity index (χ0v) is 16.4. The maximum atomic E-state index is 12.3. The summed E-state index contributed by atoms with van der Waals surface area (Å²) >= 11 is 0. The van der Waals surface area contributed by atoms with Gasteiger partial charge in [-0.15, -0.1) is 0 Å². The summed E-state index contributed by atoms with van der Waals surface area (Å²) < 4.78 is 5.25. The Morgan fingerprint density at radius 2 is 1.64 bits per heavy atom. The number of benzene rings is 2. The van der Waals surface area contributed by atoms with E-state index in [1.807, 2.05) is 30.3 Å². The summed E-state index contributed by atoms with van der Waals surface area (Å²) in [5.41, 5.74) is 2.06. The third kappa shape index (κ3) is 6.23. The van der Waals surface area contributed by atoms with Gasteiger partial charge in [-0.2, -0.15) is 0 Å². The number of amides is 2. The van der Waals surface area contributed by atoms with Crippen molar-refractivity contribution in [3.8, 4) is 0 Å². The van der Waals surface area contributed by atoms with Gasteiger partial charge in [-0.05, 0) is 43.2 Å². The van der Waals surface area contributed by atoms with E-state index in [2.05, 4.69) is 17.6 Å². The Balaban J connectivity index is 1.87. The highest BCUT2D eigenvalue weighted by Gasteiger charge is 2.20. The molecule has 0 fully saturated rings. The summed E-state index contributed by atoms with van der Waals surface area (Å²) in [4.78, 5) is 35.5. The van der Waals surface area contributed by atoms with Gasteiger partial charge in [0.2, 0.25) is 5.91 Å². The molecule has 2 aromatic rings. The monoisotopic (exact) mass is 382 g/mol. The van der Waals surface area contributed by atoms with E-state index in [1.165, 1.54) is 6.92 Å². The van der Waals surface area contributed by atoms with Crippen LogP contribution in [0.4, 0.5) is 5.69 Å². The smallest absolute Gasteiger partial charge is 0.338 e. The van der Waals surface area contributed by atoms with Gasteiger partial charge in [-0.25, -0.2) is 4.79 Å². The molecule has 0 saturated carbocycles. The minimum atomic E-state index is -0.907. The Bertz CT molecular complexity index is 803. The minimum absolute atomic E-state index is 0.193. The second-order valence-corrected chi connectivity index (χ2v) is 6.57. The molecule has 2 N–H and O–H groups in total. The van der Waals surface area contributed by atoms with Crippen molar-refractivity contribution in [3.05, 3.63) is 65.7 Å². The summed E-state index contributed by atoms with van der Waals surface area (Å²) in [6.45, 7) is 5.50. The number of nitrogens with one attached hydrogen (secondary N) is 2. The lowest BCUT2D eigenvalue weighted by molar-refractivity contribution is -0.129. The second-order valence-electron chi connectivity index (χ2n) is 6.57. The van der Waals surface area contributed by atoms with Gasteiger partial charge in [0.25, 0.3) is 5.91 Å². The van der Waals surface area contributed by atoms with Crippen molar-refractivity contribution >= 4 is 23.5 Å². The van der Waals surface area contributed by atoms with Gasteiger partial charge >= 0.3 is 5.97 Å². The molecule has 0 aliphatic rings. The molecule has 0 saturated heterocycles. The molecule has 0 heterocycles. The quantitative estimate of drug-likeness (QED) is 0.685. The molecule has 2 aromatic carbocycles. The van der Waals surface area contributed by atoms with Gasteiger partial charge in [0.15, 0.2) is 6.10 Å². The highest BCUT2D eigenvalue weighted by atomic mass is 16.5. The van der Waals surface area contributed by atoms with Gasteiger partial charge < -0.3 is 15.4 Å². The maximum absolute atomic E-state index is 12.3. The van der Waals surface area contributed by atoms with Crippen molar-refractivity contribution in [3.63, 3.8) is 0 Å². The van der Waals surface area contributed by atoms with Crippen LogP contribution >= 0.6 is 0 Å². The van der Waals surface area contributed by atoms with E-state index in [1.54, 1.807) is 31.2 Å². The first-order valence-corrected chi connectivity index (χ1v) is 9.32. The van der Waals surface area contributed by atoms with E-state index in [-0.39, 0.29) is 17.7 Å². The Labute approximate surface area is 165 Å². The lowest BCUT2D eigenvalue weighted by atomic mass is 9.96. The average Bonchev–Trinajstić information content (AvgIpc) is 2.69. The molecule has 28 heavy (non-hydrogen) atoms. The summed E-state index contributed by atoms with van der Waals surface area (Å²) in [5, 5.41) is 5.48. The molecule has 148 valence electrons. The van der Waals surface area contributed by atoms with Crippen LogP contribution in [0.15, 0.2) is 54.6 Å². The van der Waals surface area contributed by atoms with Crippen LogP contribution in [0.3, 0.4) is 0 Å². The van der Waals surface area contributed by atoms with Gasteiger partial charge in [0.05, 0.1) is 5.56 Å². The molecule has 0 aliphatic heterocycles. The van der Waals surface area contributed by atoms with Crippen molar-refractivity contribution in [2.75, 3.05) is 11.9 Å². The molecule has 6 heteroatoms. The number of hydrogen-bond donors (Lipinski definition) is 2. The van der Waals surface area contributed by atoms with Crippen molar-refractivity contribution in [2.24, 2.45) is 0 Å². The standard InChI is InChI=1S/C22H26N2O4/c1-4-17(18-8-6-5-7-9-18)14-23-21(26)15(2)28-22(27)19-10-12-20(13-11-19)24-16(3)25/h5-13,15,17H,4,14H2,1-3H3,(H,23,26)(H,24,25)/t15-,17-/m0/s1. The fourth-order valence-electron chi connectivity index (χ4n) is 2.77. The Kier molecular flexibility index (Phi) is 7.75. The molecular formula is C22H26N2O4. The van der Waals surface area contributed by atoms with Crippen molar-refractivity contribution in [1.29, 1.82) is 0 Å². The average molecular weight is 382 g/mol. The van der Waals surface area contributed by atoms with Crippen LogP contribution in [-0.4, -0.2) is 30.4 Å². The first-order valence-electron chi connectivity index (χ1n) is 9.32. The van der Waals surface area contributed by atoms with E-state index in [4.69, 9.17) is 4.74 Å². The van der Waals surface area contributed by atoms with Crippen LogP contribution < -0.4 is 10.6 Å². The molecule has 0 bridgehead atoms. The third-order valence-electron chi connectivity index (χ3n) is 4.38. The van der Waals surface area contributed by atoms with E-state index < -0.39 is 12.1 Å². The van der Waals surface area contributed by atoms with Crippen LogP contribution in [0.2, 0.25) is 0 Å². The third-order valence-corrected chi connectivity index (χ3v) is 4.38. The lowest BCUT2D eigenvalue weighted by Gasteiger charge is -2.18. The van der Waals surface area contributed by atoms with Crippen molar-refractivity contribution in [2.45, 2.75) is 39.2 Å². The molecule has 0 aliphatic carbocycles. The maximum Gasteiger partial charge on any atom is 0.338 e. The van der Waals surface area contributed by atoms with Crippen LogP contribution in [0.25, 0.3) is 0 Å². The number of rotatable bonds is 8. The minimum Gasteiger partial charge on any atom is -0.449 e. The Morgan fingerprint density at radius 1 is 1.00 bits per heavy atom. The van der Waals surface area contributed by atoms with Gasteiger partial charge in [0, 0.05) is 25.1 Å². The molecule has 2 atom stereocenters. The molecule has 2 amide bonds. The summed E-state index contributed by atoms with van der Waals surface area (Å²) in [6, 6.07) is 16.3. The van der Waals surface area contributed by atoms with E-state index in [9.17, 15) is 14.4 Å². The van der Waals surface area contributed by atoms with E-state index in [0.29, 0.717) is 17.8 Å². The summed E-state index contributed by atoms with van der Waals surface area (Å²) in [6.07, 6.45) is -0.0187. The van der Waals surface area contributed by atoms with Crippen LogP contribution in [0.5, 0.6) is 0 Å². The zero-order chi connectivity index (χ0) is 20.5. The molecule has 2 rings (SSSR count). The fraction of sp³-hybridized carbons (Fsp3) is 0.318. The molecule has 0 radical (unpaired) electrons. The van der Waals surface area contributed by atoms with Gasteiger partial charge in [0.1, 0.15) is 0 Å². The van der Waals surface area contributed by atoms with Crippen LogP contribution in [-0.2, 0) is 14.3 Å². The van der Waals surface area contributed by atoms with Gasteiger partial charge in [-0.1, -0.05) is 37.3 Å². The number of carbonyl (C=O) groups is 3. The van der Waals surface area contributed by atoms with E-state index >= 15 is 0 Å². The molecule has 6 nitrogen and oxygen atoms in total. The first-order chi connectivity index (χ1) is 13.4. The van der Waals surface area contributed by atoms with Gasteiger partial charge in [-0.3, -0.25) is 9.59 Å². The van der Waals surface area contributed by atoms with E-state index in [0.717, 1.165) is 12.0 Å². The topological polar surface area (TPSA) is 84.5 Å². The predicted molar refractivity (Wildman–Crippen MR) is 108 cm³/mol. The normalized spacial score (nSPS) is 12.5. The fourth-order valence-corrected chi connectivity index (χ4v) is 2.77.